The van der Waals surface area contributed by atoms with Crippen LogP contribution in [0.1, 0.15) is 12.5 Å². The lowest BCUT2D eigenvalue weighted by molar-refractivity contribution is -0.384. The summed E-state index contributed by atoms with van der Waals surface area (Å²) in [5, 5.41) is 15.0. The van der Waals surface area contributed by atoms with Gasteiger partial charge in [-0.15, -0.1) is 0 Å². The molecular formula is C12H14F3N3O3. The van der Waals surface area contributed by atoms with Gasteiger partial charge >= 0.3 is 6.18 Å². The predicted octanol–water partition coefficient (Wildman–Crippen LogP) is 1.75. The highest BCUT2D eigenvalue weighted by Crippen LogP contribution is 2.13. The van der Waals surface area contributed by atoms with Crippen LogP contribution < -0.4 is 10.6 Å². The number of benzene rings is 1. The van der Waals surface area contributed by atoms with Crippen LogP contribution in [0.5, 0.6) is 0 Å². The van der Waals surface area contributed by atoms with Crippen molar-refractivity contribution in [3.8, 4) is 0 Å². The number of halogens is 3. The molecule has 1 rings (SSSR count). The molecule has 0 saturated heterocycles. The van der Waals surface area contributed by atoms with E-state index in [4.69, 9.17) is 0 Å². The van der Waals surface area contributed by atoms with Crippen molar-refractivity contribution in [2.75, 3.05) is 6.54 Å². The number of carbonyl (C=O) groups excluding carboxylic acids is 1. The molecule has 0 aliphatic rings. The molecule has 0 aliphatic carbocycles. The molecule has 0 heterocycles. The minimum atomic E-state index is -4.45. The SMILES string of the molecule is CC(NCc1ccc([N+](=O)[O-])cc1)C(=O)NCC(F)(F)F. The van der Waals surface area contributed by atoms with Crippen molar-refractivity contribution in [1.82, 2.24) is 10.6 Å². The zero-order valence-corrected chi connectivity index (χ0v) is 11.1. The maximum absolute atomic E-state index is 11.9. The fraction of sp³-hybridized carbons (Fsp3) is 0.417. The Kier molecular flexibility index (Phi) is 5.65. The summed E-state index contributed by atoms with van der Waals surface area (Å²) < 4.78 is 35.8. The summed E-state index contributed by atoms with van der Waals surface area (Å²) in [6.45, 7) is 0.255. The predicted molar refractivity (Wildman–Crippen MR) is 68.5 cm³/mol. The number of non-ortho nitro benzene ring substituents is 1. The van der Waals surface area contributed by atoms with Gasteiger partial charge < -0.3 is 10.6 Å². The number of hydrogen-bond acceptors (Lipinski definition) is 4. The number of nitro benzene ring substituents is 1. The van der Waals surface area contributed by atoms with E-state index >= 15 is 0 Å². The van der Waals surface area contributed by atoms with Crippen LogP contribution in [0.3, 0.4) is 0 Å². The quantitative estimate of drug-likeness (QED) is 0.619. The van der Waals surface area contributed by atoms with E-state index in [1.54, 1.807) is 5.32 Å². The van der Waals surface area contributed by atoms with Crippen molar-refractivity contribution in [3.63, 3.8) is 0 Å². The lowest BCUT2D eigenvalue weighted by Crippen LogP contribution is -2.44. The molecule has 0 radical (unpaired) electrons. The second-order valence-corrected chi connectivity index (χ2v) is 4.36. The Morgan fingerprint density at radius 3 is 2.38 bits per heavy atom. The highest BCUT2D eigenvalue weighted by molar-refractivity contribution is 5.81. The van der Waals surface area contributed by atoms with Gasteiger partial charge in [-0.1, -0.05) is 12.1 Å². The molecule has 0 saturated carbocycles. The first-order valence-corrected chi connectivity index (χ1v) is 6.00. The van der Waals surface area contributed by atoms with Gasteiger partial charge in [-0.25, -0.2) is 0 Å². The zero-order chi connectivity index (χ0) is 16.0. The van der Waals surface area contributed by atoms with Crippen molar-refractivity contribution in [2.45, 2.75) is 25.7 Å². The first-order chi connectivity index (χ1) is 9.69. The first kappa shape index (κ1) is 16.9. The fourth-order valence-electron chi connectivity index (χ4n) is 1.44. The molecule has 116 valence electrons. The van der Waals surface area contributed by atoms with Gasteiger partial charge in [0.15, 0.2) is 0 Å². The lowest BCUT2D eigenvalue weighted by atomic mass is 10.2. The van der Waals surface area contributed by atoms with Crippen LogP contribution in [0, 0.1) is 10.1 Å². The van der Waals surface area contributed by atoms with E-state index in [2.05, 4.69) is 5.32 Å². The highest BCUT2D eigenvalue weighted by atomic mass is 19.4. The van der Waals surface area contributed by atoms with E-state index in [9.17, 15) is 28.1 Å². The van der Waals surface area contributed by atoms with Crippen LogP contribution in [-0.2, 0) is 11.3 Å². The molecule has 1 aromatic rings. The van der Waals surface area contributed by atoms with Crippen LogP contribution in [0.2, 0.25) is 0 Å². The topological polar surface area (TPSA) is 84.3 Å². The third kappa shape index (κ3) is 6.21. The van der Waals surface area contributed by atoms with Crippen molar-refractivity contribution >= 4 is 11.6 Å². The molecule has 0 fully saturated rings. The Hall–Kier alpha value is -2.16. The largest absolute Gasteiger partial charge is 0.405 e. The summed E-state index contributed by atoms with van der Waals surface area (Å²) >= 11 is 0. The summed E-state index contributed by atoms with van der Waals surface area (Å²) in [6.07, 6.45) is -4.45. The number of hydrogen-bond donors (Lipinski definition) is 2. The van der Waals surface area contributed by atoms with E-state index in [1.165, 1.54) is 31.2 Å². The van der Waals surface area contributed by atoms with Crippen LogP contribution in [-0.4, -0.2) is 29.6 Å². The van der Waals surface area contributed by atoms with Gasteiger partial charge in [-0.2, -0.15) is 13.2 Å². The average Bonchev–Trinajstić information content (AvgIpc) is 2.41. The van der Waals surface area contributed by atoms with Crippen molar-refractivity contribution in [1.29, 1.82) is 0 Å². The Labute approximate surface area is 118 Å². The van der Waals surface area contributed by atoms with E-state index in [1.807, 2.05) is 0 Å². The van der Waals surface area contributed by atoms with Crippen LogP contribution in [0.15, 0.2) is 24.3 Å². The molecule has 2 N–H and O–H groups in total. The van der Waals surface area contributed by atoms with Crippen LogP contribution in [0.25, 0.3) is 0 Å². The van der Waals surface area contributed by atoms with Crippen molar-refractivity contribution in [2.24, 2.45) is 0 Å². The first-order valence-electron chi connectivity index (χ1n) is 6.00. The van der Waals surface area contributed by atoms with Gasteiger partial charge in [0.05, 0.1) is 11.0 Å². The zero-order valence-electron chi connectivity index (χ0n) is 11.1. The van der Waals surface area contributed by atoms with Crippen LogP contribution in [0.4, 0.5) is 18.9 Å². The number of nitrogens with one attached hydrogen (secondary N) is 2. The molecule has 21 heavy (non-hydrogen) atoms. The third-order valence-corrected chi connectivity index (χ3v) is 2.62. The molecular weight excluding hydrogens is 291 g/mol. The maximum Gasteiger partial charge on any atom is 0.405 e. The standard InChI is InChI=1S/C12H14F3N3O3/c1-8(11(19)17-7-12(13,14)15)16-6-9-2-4-10(5-3-9)18(20)21/h2-5,8,16H,6-7H2,1H3,(H,17,19). The summed E-state index contributed by atoms with van der Waals surface area (Å²) in [4.78, 5) is 21.3. The summed E-state index contributed by atoms with van der Waals surface area (Å²) in [7, 11) is 0. The number of carbonyl (C=O) groups is 1. The van der Waals surface area contributed by atoms with Gasteiger partial charge in [0, 0.05) is 18.7 Å². The Balaban J connectivity index is 2.43. The van der Waals surface area contributed by atoms with Crippen molar-refractivity contribution in [3.05, 3.63) is 39.9 Å². The summed E-state index contributed by atoms with van der Waals surface area (Å²) in [5.74, 6) is -0.769. The Bertz CT molecular complexity index is 503. The van der Waals surface area contributed by atoms with Gasteiger partial charge in [-0.3, -0.25) is 14.9 Å². The number of nitrogens with zero attached hydrogens (tertiary/aromatic N) is 1. The molecule has 1 atom stereocenters. The molecule has 9 heteroatoms. The molecule has 0 aromatic heterocycles. The van der Waals surface area contributed by atoms with E-state index in [0.29, 0.717) is 5.56 Å². The van der Waals surface area contributed by atoms with E-state index < -0.39 is 29.6 Å². The normalized spacial score (nSPS) is 12.8. The molecule has 0 spiro atoms. The molecule has 1 unspecified atom stereocenters. The average molecular weight is 305 g/mol. The smallest absolute Gasteiger partial charge is 0.346 e. The maximum atomic E-state index is 11.9. The number of amides is 1. The van der Waals surface area contributed by atoms with E-state index in [-0.39, 0.29) is 12.2 Å². The Morgan fingerprint density at radius 2 is 1.90 bits per heavy atom. The molecule has 0 aliphatic heterocycles. The lowest BCUT2D eigenvalue weighted by Gasteiger charge is -2.15. The van der Waals surface area contributed by atoms with E-state index in [0.717, 1.165) is 0 Å². The number of nitro groups is 1. The van der Waals surface area contributed by atoms with Crippen molar-refractivity contribution < 1.29 is 22.9 Å². The molecule has 6 nitrogen and oxygen atoms in total. The Morgan fingerprint density at radius 1 is 1.33 bits per heavy atom. The number of rotatable bonds is 6. The minimum Gasteiger partial charge on any atom is -0.346 e. The fourth-order valence-corrected chi connectivity index (χ4v) is 1.44. The molecule has 1 aromatic carbocycles. The summed E-state index contributed by atoms with van der Waals surface area (Å²) in [6, 6.07) is 4.82. The highest BCUT2D eigenvalue weighted by Gasteiger charge is 2.28. The number of alkyl halides is 3. The van der Waals surface area contributed by atoms with Gasteiger partial charge in [0.2, 0.25) is 5.91 Å². The van der Waals surface area contributed by atoms with Gasteiger partial charge in [0.25, 0.3) is 5.69 Å². The third-order valence-electron chi connectivity index (χ3n) is 2.62. The summed E-state index contributed by atoms with van der Waals surface area (Å²) in [5.41, 5.74) is 0.616. The molecule has 0 bridgehead atoms. The van der Waals surface area contributed by atoms with Gasteiger partial charge in [0.1, 0.15) is 6.54 Å². The minimum absolute atomic E-state index is 0.0604. The van der Waals surface area contributed by atoms with Gasteiger partial charge in [-0.05, 0) is 12.5 Å². The second-order valence-electron chi connectivity index (χ2n) is 4.36. The second kappa shape index (κ2) is 7.02. The van der Waals surface area contributed by atoms with Crippen LogP contribution >= 0.6 is 0 Å². The molecule has 1 amide bonds. The monoisotopic (exact) mass is 305 g/mol.